The van der Waals surface area contributed by atoms with Crippen molar-refractivity contribution in [3.8, 4) is 0 Å². The molecule has 0 spiro atoms. The average molecular weight is 213 g/mol. The summed E-state index contributed by atoms with van der Waals surface area (Å²) < 4.78 is 0. The fourth-order valence-corrected chi connectivity index (χ4v) is 1.60. The monoisotopic (exact) mass is 213 g/mol. The normalized spacial score (nSPS) is 10.4. The standard InChI is InChI=1S/C13H15N3/c1-9(2)8-14-13-12-7-5-4-6-11(12)10(3)15-16-13/h4-7H,1,8H2,2-3H3,(H,14,16). The van der Waals surface area contributed by atoms with Crippen LogP contribution in [0.5, 0.6) is 0 Å². The van der Waals surface area contributed by atoms with Crippen molar-refractivity contribution in [3.05, 3.63) is 42.1 Å². The lowest BCUT2D eigenvalue weighted by Gasteiger charge is -2.08. The van der Waals surface area contributed by atoms with E-state index in [0.717, 1.165) is 34.4 Å². The van der Waals surface area contributed by atoms with Gasteiger partial charge in [-0.1, -0.05) is 36.4 Å². The number of fused-ring (bicyclic) bond motifs is 1. The second kappa shape index (κ2) is 4.31. The molecular weight excluding hydrogens is 198 g/mol. The minimum atomic E-state index is 0.724. The van der Waals surface area contributed by atoms with Gasteiger partial charge in [0, 0.05) is 17.3 Å². The van der Waals surface area contributed by atoms with Crippen molar-refractivity contribution in [1.82, 2.24) is 10.2 Å². The minimum absolute atomic E-state index is 0.724. The number of nitrogens with zero attached hydrogens (tertiary/aromatic N) is 2. The van der Waals surface area contributed by atoms with Gasteiger partial charge in [-0.25, -0.2) is 0 Å². The molecule has 0 saturated carbocycles. The molecule has 0 atom stereocenters. The molecule has 1 aromatic carbocycles. The maximum absolute atomic E-state index is 4.18. The second-order valence-electron chi connectivity index (χ2n) is 3.99. The number of anilines is 1. The van der Waals surface area contributed by atoms with E-state index in [-0.39, 0.29) is 0 Å². The number of rotatable bonds is 3. The minimum Gasteiger partial charge on any atom is -0.364 e. The molecule has 3 nitrogen and oxygen atoms in total. The first-order valence-electron chi connectivity index (χ1n) is 5.29. The highest BCUT2D eigenvalue weighted by molar-refractivity contribution is 5.92. The number of benzene rings is 1. The molecular formula is C13H15N3. The highest BCUT2D eigenvalue weighted by Gasteiger charge is 2.04. The van der Waals surface area contributed by atoms with Crippen LogP contribution in [0.3, 0.4) is 0 Å². The number of nitrogens with one attached hydrogen (secondary N) is 1. The average Bonchev–Trinajstić information content (AvgIpc) is 2.28. The van der Waals surface area contributed by atoms with Gasteiger partial charge in [0.05, 0.1) is 5.69 Å². The van der Waals surface area contributed by atoms with Crippen molar-refractivity contribution in [3.63, 3.8) is 0 Å². The number of hydrogen-bond donors (Lipinski definition) is 1. The second-order valence-corrected chi connectivity index (χ2v) is 3.99. The van der Waals surface area contributed by atoms with E-state index in [9.17, 15) is 0 Å². The predicted molar refractivity (Wildman–Crippen MR) is 67.6 cm³/mol. The first kappa shape index (κ1) is 10.6. The smallest absolute Gasteiger partial charge is 0.156 e. The molecule has 1 N–H and O–H groups in total. The van der Waals surface area contributed by atoms with Gasteiger partial charge < -0.3 is 5.32 Å². The summed E-state index contributed by atoms with van der Waals surface area (Å²) in [7, 11) is 0. The van der Waals surface area contributed by atoms with Gasteiger partial charge in [0.15, 0.2) is 5.82 Å². The molecule has 0 saturated heterocycles. The highest BCUT2D eigenvalue weighted by Crippen LogP contribution is 2.22. The Morgan fingerprint density at radius 2 is 1.94 bits per heavy atom. The van der Waals surface area contributed by atoms with Crippen LogP contribution in [0, 0.1) is 6.92 Å². The third kappa shape index (κ3) is 2.03. The van der Waals surface area contributed by atoms with Crippen LogP contribution in [-0.2, 0) is 0 Å². The molecule has 0 aliphatic carbocycles. The van der Waals surface area contributed by atoms with E-state index in [2.05, 4.69) is 34.2 Å². The summed E-state index contributed by atoms with van der Waals surface area (Å²) in [4.78, 5) is 0. The van der Waals surface area contributed by atoms with Crippen molar-refractivity contribution < 1.29 is 0 Å². The van der Waals surface area contributed by atoms with E-state index in [0.29, 0.717) is 0 Å². The maximum atomic E-state index is 4.18. The van der Waals surface area contributed by atoms with Gasteiger partial charge in [0.25, 0.3) is 0 Å². The lowest BCUT2D eigenvalue weighted by atomic mass is 10.1. The Labute approximate surface area is 95.2 Å². The topological polar surface area (TPSA) is 37.8 Å². The van der Waals surface area contributed by atoms with Gasteiger partial charge in [0.2, 0.25) is 0 Å². The van der Waals surface area contributed by atoms with Crippen molar-refractivity contribution in [2.24, 2.45) is 0 Å². The third-order valence-corrected chi connectivity index (χ3v) is 2.43. The molecule has 1 heterocycles. The highest BCUT2D eigenvalue weighted by atomic mass is 15.2. The fourth-order valence-electron chi connectivity index (χ4n) is 1.60. The van der Waals surface area contributed by atoms with Gasteiger partial charge in [-0.15, -0.1) is 5.10 Å². The van der Waals surface area contributed by atoms with E-state index >= 15 is 0 Å². The molecule has 2 aromatic rings. The molecule has 0 aliphatic rings. The molecule has 16 heavy (non-hydrogen) atoms. The fraction of sp³-hybridized carbons (Fsp3) is 0.231. The number of hydrogen-bond acceptors (Lipinski definition) is 3. The zero-order chi connectivity index (χ0) is 11.5. The molecule has 0 amide bonds. The Balaban J connectivity index is 2.46. The Morgan fingerprint density at radius 3 is 2.62 bits per heavy atom. The van der Waals surface area contributed by atoms with Crippen LogP contribution in [0.15, 0.2) is 36.4 Å². The number of aromatic nitrogens is 2. The van der Waals surface area contributed by atoms with Crippen molar-refractivity contribution >= 4 is 16.6 Å². The van der Waals surface area contributed by atoms with Crippen LogP contribution in [0.2, 0.25) is 0 Å². The van der Waals surface area contributed by atoms with Crippen molar-refractivity contribution in [1.29, 1.82) is 0 Å². The summed E-state index contributed by atoms with van der Waals surface area (Å²) in [5.41, 5.74) is 2.03. The summed E-state index contributed by atoms with van der Waals surface area (Å²) in [6.45, 7) is 8.53. The van der Waals surface area contributed by atoms with Crippen molar-refractivity contribution in [2.75, 3.05) is 11.9 Å². The Morgan fingerprint density at radius 1 is 1.25 bits per heavy atom. The lowest BCUT2D eigenvalue weighted by molar-refractivity contribution is 0.993. The summed E-state index contributed by atoms with van der Waals surface area (Å²) in [6.07, 6.45) is 0. The predicted octanol–water partition coefficient (Wildman–Crippen LogP) is 2.93. The first-order valence-corrected chi connectivity index (χ1v) is 5.29. The van der Waals surface area contributed by atoms with Crippen LogP contribution < -0.4 is 5.32 Å². The van der Waals surface area contributed by atoms with Gasteiger partial charge >= 0.3 is 0 Å². The largest absolute Gasteiger partial charge is 0.364 e. The third-order valence-electron chi connectivity index (χ3n) is 2.43. The molecule has 3 heteroatoms. The summed E-state index contributed by atoms with van der Waals surface area (Å²) in [5.74, 6) is 0.823. The van der Waals surface area contributed by atoms with Crippen LogP contribution >= 0.6 is 0 Å². The van der Waals surface area contributed by atoms with E-state index < -0.39 is 0 Å². The Hall–Kier alpha value is -1.90. The molecule has 0 fully saturated rings. The molecule has 0 aliphatic heterocycles. The van der Waals surface area contributed by atoms with Gasteiger partial charge in [-0.05, 0) is 13.8 Å². The molecule has 0 unspecified atom stereocenters. The SMILES string of the molecule is C=C(C)CNc1nnc(C)c2ccccc12. The van der Waals surface area contributed by atoms with E-state index in [1.807, 2.05) is 26.0 Å². The van der Waals surface area contributed by atoms with Gasteiger partial charge in [-0.3, -0.25) is 0 Å². The quantitative estimate of drug-likeness (QED) is 0.796. The van der Waals surface area contributed by atoms with Crippen LogP contribution in [-0.4, -0.2) is 16.7 Å². The van der Waals surface area contributed by atoms with Gasteiger partial charge in [0.1, 0.15) is 0 Å². The molecule has 2 rings (SSSR count). The molecule has 82 valence electrons. The Kier molecular flexibility index (Phi) is 2.86. The van der Waals surface area contributed by atoms with Crippen LogP contribution in [0.1, 0.15) is 12.6 Å². The summed E-state index contributed by atoms with van der Waals surface area (Å²) in [5, 5.41) is 13.8. The summed E-state index contributed by atoms with van der Waals surface area (Å²) >= 11 is 0. The summed E-state index contributed by atoms with van der Waals surface area (Å²) in [6, 6.07) is 8.14. The zero-order valence-electron chi connectivity index (χ0n) is 9.62. The van der Waals surface area contributed by atoms with Crippen molar-refractivity contribution in [2.45, 2.75) is 13.8 Å². The lowest BCUT2D eigenvalue weighted by Crippen LogP contribution is -2.06. The first-order chi connectivity index (χ1) is 7.68. The molecule has 1 aromatic heterocycles. The number of aryl methyl sites for hydroxylation is 1. The van der Waals surface area contributed by atoms with E-state index in [1.165, 1.54) is 0 Å². The molecule has 0 bridgehead atoms. The Bertz CT molecular complexity index is 532. The zero-order valence-corrected chi connectivity index (χ0v) is 9.62. The van der Waals surface area contributed by atoms with E-state index in [4.69, 9.17) is 0 Å². The maximum Gasteiger partial charge on any atom is 0.156 e. The van der Waals surface area contributed by atoms with Crippen LogP contribution in [0.4, 0.5) is 5.82 Å². The molecule has 0 radical (unpaired) electrons. The van der Waals surface area contributed by atoms with Gasteiger partial charge in [-0.2, -0.15) is 5.10 Å². The van der Waals surface area contributed by atoms with Crippen LogP contribution in [0.25, 0.3) is 10.8 Å². The van der Waals surface area contributed by atoms with E-state index in [1.54, 1.807) is 0 Å².